The number of H-pyrrole nitrogens is 2. The lowest BCUT2D eigenvalue weighted by molar-refractivity contribution is 0.702. The van der Waals surface area contributed by atoms with Crippen LogP contribution in [0.1, 0.15) is 32.5 Å². The predicted molar refractivity (Wildman–Crippen MR) is 71.6 cm³/mol. The first-order valence-corrected chi connectivity index (χ1v) is 6.13. The van der Waals surface area contributed by atoms with Crippen LogP contribution >= 0.6 is 12.2 Å². The third-order valence-electron chi connectivity index (χ3n) is 2.74. The molecule has 0 amide bonds. The minimum atomic E-state index is -0.497. The van der Waals surface area contributed by atoms with Crippen LogP contribution in [0.25, 0.3) is 11.0 Å². The van der Waals surface area contributed by atoms with Crippen molar-refractivity contribution < 1.29 is 0 Å². The van der Waals surface area contributed by atoms with E-state index in [2.05, 4.69) is 15.0 Å². The number of hydrogen-bond donors (Lipinski definition) is 2. The summed E-state index contributed by atoms with van der Waals surface area (Å²) in [5.74, 6) is 0.801. The second kappa shape index (κ2) is 4.49. The Morgan fingerprint density at radius 2 is 2.00 bits per heavy atom. The molecule has 0 aliphatic rings. The van der Waals surface area contributed by atoms with Crippen molar-refractivity contribution >= 4 is 23.3 Å². The van der Waals surface area contributed by atoms with E-state index in [1.54, 1.807) is 0 Å². The van der Waals surface area contributed by atoms with Gasteiger partial charge in [0.15, 0.2) is 0 Å². The topological polar surface area (TPSA) is 83.5 Å². The highest BCUT2D eigenvalue weighted by Gasteiger charge is 2.12. The van der Waals surface area contributed by atoms with Gasteiger partial charge in [-0.1, -0.05) is 26.1 Å². The van der Waals surface area contributed by atoms with Crippen molar-refractivity contribution in [2.24, 2.45) is 0 Å². The van der Waals surface area contributed by atoms with Crippen LogP contribution in [0.4, 0.5) is 0 Å². The molecule has 2 aromatic heterocycles. The first kappa shape index (κ1) is 12.7. The number of nitrogens with zero attached hydrogens (tertiary/aromatic N) is 2. The van der Waals surface area contributed by atoms with Crippen molar-refractivity contribution in [3.05, 3.63) is 31.3 Å². The molecule has 0 saturated heterocycles. The summed E-state index contributed by atoms with van der Waals surface area (Å²) in [7, 11) is 0. The van der Waals surface area contributed by atoms with Gasteiger partial charge in [0.2, 0.25) is 0 Å². The Morgan fingerprint density at radius 3 is 2.56 bits per heavy atom. The number of nitrogens with one attached hydrogen (secondary N) is 2. The standard InChI is InChI=1S/C11H14N4O2S/c1-4-15-8-6(9(16)14-11(15)17)10(18)13-7(12-8)5(2)3/h5H,4H2,1-3H3,(H,12,13,18)(H,14,16,17). The number of aryl methyl sites for hydroxylation is 1. The van der Waals surface area contributed by atoms with Crippen molar-refractivity contribution in [1.29, 1.82) is 0 Å². The van der Waals surface area contributed by atoms with E-state index >= 15 is 0 Å². The summed E-state index contributed by atoms with van der Waals surface area (Å²) in [5, 5.41) is 0.260. The van der Waals surface area contributed by atoms with Crippen LogP contribution in [0.2, 0.25) is 0 Å². The summed E-state index contributed by atoms with van der Waals surface area (Å²) in [6.45, 7) is 6.19. The van der Waals surface area contributed by atoms with Crippen LogP contribution in [-0.4, -0.2) is 19.5 Å². The number of fused-ring (bicyclic) bond motifs is 1. The average molecular weight is 266 g/mol. The summed E-state index contributed by atoms with van der Waals surface area (Å²) in [4.78, 5) is 33.0. The van der Waals surface area contributed by atoms with Gasteiger partial charge in [-0.25, -0.2) is 9.78 Å². The molecule has 2 aromatic rings. The monoisotopic (exact) mass is 266 g/mol. The number of aromatic nitrogens is 4. The number of hydrogen-bond acceptors (Lipinski definition) is 4. The molecule has 0 atom stereocenters. The van der Waals surface area contributed by atoms with Crippen LogP contribution in [0.3, 0.4) is 0 Å². The summed E-state index contributed by atoms with van der Waals surface area (Å²) >= 11 is 5.13. The Kier molecular flexibility index (Phi) is 3.16. The molecule has 2 N–H and O–H groups in total. The molecule has 2 rings (SSSR count). The third kappa shape index (κ3) is 1.90. The zero-order valence-corrected chi connectivity index (χ0v) is 11.2. The summed E-state index contributed by atoms with van der Waals surface area (Å²) < 4.78 is 1.66. The highest BCUT2D eigenvalue weighted by molar-refractivity contribution is 7.71. The van der Waals surface area contributed by atoms with E-state index in [4.69, 9.17) is 12.2 Å². The second-order valence-electron chi connectivity index (χ2n) is 4.31. The first-order chi connectivity index (χ1) is 8.45. The fourth-order valence-electron chi connectivity index (χ4n) is 1.79. The van der Waals surface area contributed by atoms with Gasteiger partial charge in [-0.15, -0.1) is 0 Å². The van der Waals surface area contributed by atoms with Crippen molar-refractivity contribution in [3.8, 4) is 0 Å². The highest BCUT2D eigenvalue weighted by atomic mass is 32.1. The maximum absolute atomic E-state index is 11.8. The van der Waals surface area contributed by atoms with E-state index in [9.17, 15) is 9.59 Å². The lowest BCUT2D eigenvalue weighted by Gasteiger charge is -2.10. The number of aromatic amines is 2. The van der Waals surface area contributed by atoms with Gasteiger partial charge in [0.1, 0.15) is 21.5 Å². The van der Waals surface area contributed by atoms with E-state index in [0.717, 1.165) is 0 Å². The van der Waals surface area contributed by atoms with E-state index < -0.39 is 11.2 Å². The van der Waals surface area contributed by atoms with Gasteiger partial charge in [-0.2, -0.15) is 0 Å². The molecule has 0 aliphatic carbocycles. The van der Waals surface area contributed by atoms with Gasteiger partial charge in [0, 0.05) is 12.5 Å². The van der Waals surface area contributed by atoms with Gasteiger partial charge < -0.3 is 4.98 Å². The van der Waals surface area contributed by atoms with Crippen molar-refractivity contribution in [2.45, 2.75) is 33.2 Å². The fraction of sp³-hybridized carbons (Fsp3) is 0.455. The molecule has 0 aromatic carbocycles. The molecule has 7 heteroatoms. The van der Waals surface area contributed by atoms with E-state index in [0.29, 0.717) is 18.0 Å². The van der Waals surface area contributed by atoms with Crippen LogP contribution in [0, 0.1) is 4.64 Å². The molecule has 0 bridgehead atoms. The normalized spacial score (nSPS) is 11.3. The van der Waals surface area contributed by atoms with Crippen LogP contribution < -0.4 is 11.2 Å². The lowest BCUT2D eigenvalue weighted by Crippen LogP contribution is -2.31. The molecule has 0 unspecified atom stereocenters. The number of rotatable bonds is 2. The molecule has 0 saturated carbocycles. The quantitative estimate of drug-likeness (QED) is 0.802. The van der Waals surface area contributed by atoms with Crippen molar-refractivity contribution in [3.63, 3.8) is 0 Å². The first-order valence-electron chi connectivity index (χ1n) is 5.72. The molecule has 6 nitrogen and oxygen atoms in total. The van der Waals surface area contributed by atoms with Gasteiger partial charge >= 0.3 is 5.69 Å². The zero-order chi connectivity index (χ0) is 13.4. The van der Waals surface area contributed by atoms with Crippen molar-refractivity contribution in [1.82, 2.24) is 19.5 Å². The molecule has 18 heavy (non-hydrogen) atoms. The summed E-state index contributed by atoms with van der Waals surface area (Å²) in [5.41, 5.74) is -0.500. The molecule has 0 fully saturated rings. The summed E-state index contributed by atoms with van der Waals surface area (Å²) in [6.07, 6.45) is 0. The Bertz CT molecular complexity index is 769. The van der Waals surface area contributed by atoms with Gasteiger partial charge in [-0.3, -0.25) is 14.3 Å². The molecule has 0 radical (unpaired) electrons. The Hall–Kier alpha value is -1.76. The molecule has 96 valence electrons. The highest BCUT2D eigenvalue weighted by Crippen LogP contribution is 2.12. The molecule has 0 spiro atoms. The third-order valence-corrected chi connectivity index (χ3v) is 3.04. The van der Waals surface area contributed by atoms with Crippen LogP contribution in [0.15, 0.2) is 9.59 Å². The SMILES string of the molecule is CCn1c(=O)[nH]c(=O)c2c(=S)nc(C(C)C)[nH]c21. The van der Waals surface area contributed by atoms with Crippen molar-refractivity contribution in [2.75, 3.05) is 0 Å². The second-order valence-corrected chi connectivity index (χ2v) is 4.70. The average Bonchev–Trinajstić information content (AvgIpc) is 2.27. The molecule has 2 heterocycles. The van der Waals surface area contributed by atoms with E-state index in [1.165, 1.54) is 4.57 Å². The maximum Gasteiger partial charge on any atom is 0.329 e. The smallest absolute Gasteiger partial charge is 0.329 e. The van der Waals surface area contributed by atoms with Gasteiger partial charge in [-0.05, 0) is 6.92 Å². The summed E-state index contributed by atoms with van der Waals surface area (Å²) in [6, 6.07) is 0. The Balaban J connectivity index is 3.06. The molecular formula is C11H14N4O2S. The Labute approximate surface area is 108 Å². The van der Waals surface area contributed by atoms with Crippen LogP contribution in [-0.2, 0) is 6.54 Å². The van der Waals surface area contributed by atoms with E-state index in [1.807, 2.05) is 20.8 Å². The molecular weight excluding hydrogens is 252 g/mol. The fourth-order valence-corrected chi connectivity index (χ4v) is 2.08. The van der Waals surface area contributed by atoms with Crippen LogP contribution in [0.5, 0.6) is 0 Å². The van der Waals surface area contributed by atoms with E-state index in [-0.39, 0.29) is 15.9 Å². The minimum Gasteiger partial charge on any atom is -0.329 e. The Morgan fingerprint density at radius 1 is 1.33 bits per heavy atom. The lowest BCUT2D eigenvalue weighted by atomic mass is 10.2. The predicted octanol–water partition coefficient (Wildman–Crippen LogP) is 1.29. The maximum atomic E-state index is 11.8. The largest absolute Gasteiger partial charge is 0.329 e. The van der Waals surface area contributed by atoms with Gasteiger partial charge in [0.05, 0.1) is 0 Å². The minimum absolute atomic E-state index is 0.135. The van der Waals surface area contributed by atoms with Gasteiger partial charge in [0.25, 0.3) is 5.56 Å². The molecule has 0 aliphatic heterocycles. The zero-order valence-electron chi connectivity index (χ0n) is 10.4.